The van der Waals surface area contributed by atoms with Crippen molar-refractivity contribution in [3.05, 3.63) is 18.0 Å². The van der Waals surface area contributed by atoms with Crippen molar-refractivity contribution in [3.8, 4) is 6.07 Å². The van der Waals surface area contributed by atoms with Crippen LogP contribution < -0.4 is 5.32 Å². The van der Waals surface area contributed by atoms with Crippen LogP contribution in [0.15, 0.2) is 12.4 Å². The lowest BCUT2D eigenvalue weighted by Gasteiger charge is -2.07. The second-order valence-electron chi connectivity index (χ2n) is 3.55. The molecule has 4 heteroatoms. The van der Waals surface area contributed by atoms with Gasteiger partial charge < -0.3 is 0 Å². The van der Waals surface area contributed by atoms with Crippen molar-refractivity contribution in [2.45, 2.75) is 39.3 Å². The van der Waals surface area contributed by atoms with E-state index in [1.54, 1.807) is 6.20 Å². The molecule has 0 bridgehead atoms. The van der Waals surface area contributed by atoms with E-state index in [0.29, 0.717) is 0 Å². The van der Waals surface area contributed by atoms with Gasteiger partial charge in [-0.05, 0) is 19.4 Å². The Morgan fingerprint density at radius 2 is 2.33 bits per heavy atom. The predicted molar refractivity (Wildman–Crippen MR) is 59.2 cm³/mol. The maximum Gasteiger partial charge on any atom is 0.124 e. The molecular weight excluding hydrogens is 188 g/mol. The van der Waals surface area contributed by atoms with Gasteiger partial charge in [0.1, 0.15) is 6.04 Å². The third kappa shape index (κ3) is 3.37. The second-order valence-corrected chi connectivity index (χ2v) is 3.55. The minimum Gasteiger partial charge on any atom is -0.298 e. The molecule has 1 aromatic rings. The van der Waals surface area contributed by atoms with Gasteiger partial charge in [0.25, 0.3) is 0 Å². The van der Waals surface area contributed by atoms with Crippen LogP contribution in [-0.4, -0.2) is 16.3 Å². The van der Waals surface area contributed by atoms with Gasteiger partial charge in [-0.3, -0.25) is 10.00 Å². The summed E-state index contributed by atoms with van der Waals surface area (Å²) in [6.45, 7) is 5.96. The van der Waals surface area contributed by atoms with Gasteiger partial charge in [-0.2, -0.15) is 10.4 Å². The van der Waals surface area contributed by atoms with E-state index in [4.69, 9.17) is 5.26 Å². The molecule has 82 valence electrons. The Bertz CT molecular complexity index is 324. The molecule has 0 aliphatic rings. The number of hydrogen-bond donors (Lipinski definition) is 1. The van der Waals surface area contributed by atoms with Crippen molar-refractivity contribution >= 4 is 0 Å². The average molecular weight is 206 g/mol. The lowest BCUT2D eigenvalue weighted by molar-refractivity contribution is 0.596. The Balaban J connectivity index is 2.62. The van der Waals surface area contributed by atoms with E-state index in [9.17, 15) is 0 Å². The third-order valence-electron chi connectivity index (χ3n) is 2.17. The highest BCUT2D eigenvalue weighted by Crippen LogP contribution is 2.10. The number of aromatic nitrogens is 2. The predicted octanol–water partition coefficient (Wildman–Crippen LogP) is 1.86. The van der Waals surface area contributed by atoms with E-state index in [0.717, 1.165) is 31.5 Å². The second kappa shape index (κ2) is 6.20. The van der Waals surface area contributed by atoms with Crippen LogP contribution in [0, 0.1) is 11.3 Å². The van der Waals surface area contributed by atoms with Crippen molar-refractivity contribution in [3.63, 3.8) is 0 Å². The molecule has 0 spiro atoms. The van der Waals surface area contributed by atoms with Crippen molar-refractivity contribution in [1.82, 2.24) is 15.1 Å². The van der Waals surface area contributed by atoms with Gasteiger partial charge in [0.05, 0.1) is 12.3 Å². The molecule has 1 aromatic heterocycles. The summed E-state index contributed by atoms with van der Waals surface area (Å²) in [5.74, 6) is 0. The summed E-state index contributed by atoms with van der Waals surface area (Å²) in [5, 5.41) is 16.4. The summed E-state index contributed by atoms with van der Waals surface area (Å²) in [5.41, 5.74) is 0.958. The van der Waals surface area contributed by atoms with Crippen LogP contribution in [0.1, 0.15) is 38.3 Å². The van der Waals surface area contributed by atoms with E-state index in [1.807, 2.05) is 10.9 Å². The number of rotatable bonds is 6. The summed E-state index contributed by atoms with van der Waals surface area (Å²) in [6.07, 6.45) is 5.80. The number of hydrogen-bond acceptors (Lipinski definition) is 3. The minimum absolute atomic E-state index is 0.226. The Kier molecular flexibility index (Phi) is 4.85. The van der Waals surface area contributed by atoms with Crippen LogP contribution in [0.2, 0.25) is 0 Å². The molecule has 1 rings (SSSR count). The molecule has 0 fully saturated rings. The Morgan fingerprint density at radius 1 is 1.53 bits per heavy atom. The number of nitrogens with one attached hydrogen (secondary N) is 1. The van der Waals surface area contributed by atoms with E-state index < -0.39 is 0 Å². The Hall–Kier alpha value is -1.34. The summed E-state index contributed by atoms with van der Waals surface area (Å²) < 4.78 is 1.88. The maximum absolute atomic E-state index is 9.00. The maximum atomic E-state index is 9.00. The lowest BCUT2D eigenvalue weighted by Crippen LogP contribution is -2.20. The molecule has 15 heavy (non-hydrogen) atoms. The average Bonchev–Trinajstić information content (AvgIpc) is 2.68. The van der Waals surface area contributed by atoms with Crippen molar-refractivity contribution in [1.29, 1.82) is 5.26 Å². The van der Waals surface area contributed by atoms with Gasteiger partial charge in [0, 0.05) is 18.3 Å². The molecule has 0 saturated carbocycles. The first-order chi connectivity index (χ1) is 7.31. The first-order valence-electron chi connectivity index (χ1n) is 5.47. The van der Waals surface area contributed by atoms with E-state index in [-0.39, 0.29) is 6.04 Å². The summed E-state index contributed by atoms with van der Waals surface area (Å²) in [4.78, 5) is 0. The fourth-order valence-electron chi connectivity index (χ4n) is 1.41. The zero-order chi connectivity index (χ0) is 11.1. The van der Waals surface area contributed by atoms with Gasteiger partial charge in [-0.25, -0.2) is 0 Å². The zero-order valence-electron chi connectivity index (χ0n) is 9.40. The molecule has 0 aliphatic carbocycles. The smallest absolute Gasteiger partial charge is 0.124 e. The van der Waals surface area contributed by atoms with Crippen LogP contribution in [0.4, 0.5) is 0 Å². The van der Waals surface area contributed by atoms with Crippen molar-refractivity contribution in [2.24, 2.45) is 0 Å². The van der Waals surface area contributed by atoms with E-state index in [1.165, 1.54) is 0 Å². The molecule has 0 radical (unpaired) electrons. The number of aryl methyl sites for hydroxylation is 1. The number of nitriles is 1. The quantitative estimate of drug-likeness (QED) is 0.773. The monoisotopic (exact) mass is 206 g/mol. The van der Waals surface area contributed by atoms with Gasteiger partial charge in [0.2, 0.25) is 0 Å². The normalized spacial score (nSPS) is 12.3. The van der Waals surface area contributed by atoms with Crippen LogP contribution in [0.3, 0.4) is 0 Å². The highest BCUT2D eigenvalue weighted by atomic mass is 15.3. The fraction of sp³-hybridized carbons (Fsp3) is 0.636. The standard InChI is InChI=1S/C11H18N4/c1-3-5-13-11(7-12)10-8-14-15(9-10)6-4-2/h8-9,11,13H,3-6H2,1-2H3. The van der Waals surface area contributed by atoms with E-state index >= 15 is 0 Å². The largest absolute Gasteiger partial charge is 0.298 e. The Morgan fingerprint density at radius 3 is 2.93 bits per heavy atom. The zero-order valence-corrected chi connectivity index (χ0v) is 9.40. The first-order valence-corrected chi connectivity index (χ1v) is 5.47. The van der Waals surface area contributed by atoms with Gasteiger partial charge >= 0.3 is 0 Å². The molecule has 0 aromatic carbocycles. The van der Waals surface area contributed by atoms with Crippen LogP contribution in [-0.2, 0) is 6.54 Å². The van der Waals surface area contributed by atoms with E-state index in [2.05, 4.69) is 30.3 Å². The highest BCUT2D eigenvalue weighted by molar-refractivity contribution is 5.17. The van der Waals surface area contributed by atoms with Crippen LogP contribution in [0.25, 0.3) is 0 Å². The first kappa shape index (κ1) is 11.7. The van der Waals surface area contributed by atoms with Crippen LogP contribution >= 0.6 is 0 Å². The summed E-state index contributed by atoms with van der Waals surface area (Å²) in [6, 6.07) is 2.02. The third-order valence-corrected chi connectivity index (χ3v) is 2.17. The number of nitrogens with zero attached hydrogens (tertiary/aromatic N) is 3. The summed E-state index contributed by atoms with van der Waals surface area (Å²) in [7, 11) is 0. The SMILES string of the molecule is CCCNC(C#N)c1cnn(CCC)c1. The minimum atomic E-state index is -0.226. The van der Waals surface area contributed by atoms with Crippen molar-refractivity contribution in [2.75, 3.05) is 6.54 Å². The molecule has 0 amide bonds. The molecule has 0 saturated heterocycles. The molecule has 1 N–H and O–H groups in total. The van der Waals surface area contributed by atoms with Gasteiger partial charge in [-0.1, -0.05) is 13.8 Å². The van der Waals surface area contributed by atoms with Crippen molar-refractivity contribution < 1.29 is 0 Å². The fourth-order valence-corrected chi connectivity index (χ4v) is 1.41. The molecule has 0 aliphatic heterocycles. The van der Waals surface area contributed by atoms with Gasteiger partial charge in [-0.15, -0.1) is 0 Å². The topological polar surface area (TPSA) is 53.6 Å². The lowest BCUT2D eigenvalue weighted by atomic mass is 10.2. The molecular formula is C11H18N4. The van der Waals surface area contributed by atoms with Crippen LogP contribution in [0.5, 0.6) is 0 Å². The molecule has 1 atom stereocenters. The molecule has 1 unspecified atom stereocenters. The molecule has 1 heterocycles. The summed E-state index contributed by atoms with van der Waals surface area (Å²) >= 11 is 0. The highest BCUT2D eigenvalue weighted by Gasteiger charge is 2.10. The molecule has 4 nitrogen and oxygen atoms in total. The van der Waals surface area contributed by atoms with Gasteiger partial charge in [0.15, 0.2) is 0 Å². The Labute approximate surface area is 90.9 Å².